The number of nitrogens with one attached hydrogen (secondary N) is 2. The Morgan fingerprint density at radius 1 is 1.00 bits per heavy atom. The van der Waals surface area contributed by atoms with E-state index in [2.05, 4.69) is 10.6 Å². The summed E-state index contributed by atoms with van der Waals surface area (Å²) in [6.45, 7) is 11.1. The van der Waals surface area contributed by atoms with Crippen molar-refractivity contribution in [1.82, 2.24) is 10.6 Å². The predicted molar refractivity (Wildman–Crippen MR) is 65.2 cm³/mol. The number of carbonyl (C=O) groups excluding carboxylic acids is 2. The first-order chi connectivity index (χ1) is 7.25. The standard InChI is InChI=1S/C12H24N2O2/c1-7(2)11(13-8(3)4)12(16)14-9(5)10(6)15/h7-9,11,13H,1-6H3,(H,14,16). The van der Waals surface area contributed by atoms with Crippen LogP contribution in [0.25, 0.3) is 0 Å². The van der Waals surface area contributed by atoms with E-state index in [4.69, 9.17) is 0 Å². The second-order valence-electron chi connectivity index (χ2n) is 4.88. The van der Waals surface area contributed by atoms with Gasteiger partial charge in [0.05, 0.1) is 12.1 Å². The maximum absolute atomic E-state index is 11.9. The summed E-state index contributed by atoms with van der Waals surface area (Å²) in [7, 11) is 0. The first-order valence-electron chi connectivity index (χ1n) is 5.82. The van der Waals surface area contributed by atoms with Gasteiger partial charge in [-0.1, -0.05) is 27.7 Å². The molecule has 2 unspecified atom stereocenters. The van der Waals surface area contributed by atoms with Gasteiger partial charge in [0.25, 0.3) is 0 Å². The molecule has 0 saturated heterocycles. The van der Waals surface area contributed by atoms with Gasteiger partial charge in [-0.2, -0.15) is 0 Å². The number of rotatable bonds is 6. The second kappa shape index (κ2) is 6.63. The lowest BCUT2D eigenvalue weighted by Crippen LogP contribution is -2.52. The Balaban J connectivity index is 4.44. The summed E-state index contributed by atoms with van der Waals surface area (Å²) in [5.74, 6) is 0.0633. The SMILES string of the molecule is CC(=O)C(C)NC(=O)C(NC(C)C)C(C)C. The minimum absolute atomic E-state index is 0.0274. The van der Waals surface area contributed by atoms with Gasteiger partial charge in [-0.3, -0.25) is 9.59 Å². The molecule has 4 heteroatoms. The zero-order chi connectivity index (χ0) is 12.9. The van der Waals surface area contributed by atoms with Crippen molar-refractivity contribution >= 4 is 11.7 Å². The average molecular weight is 228 g/mol. The van der Waals surface area contributed by atoms with E-state index in [9.17, 15) is 9.59 Å². The van der Waals surface area contributed by atoms with Gasteiger partial charge in [-0.15, -0.1) is 0 Å². The molecule has 2 atom stereocenters. The molecule has 0 aromatic rings. The Morgan fingerprint density at radius 2 is 1.50 bits per heavy atom. The Labute approximate surface area is 98.2 Å². The molecular formula is C12H24N2O2. The van der Waals surface area contributed by atoms with Crippen molar-refractivity contribution in [1.29, 1.82) is 0 Å². The Morgan fingerprint density at radius 3 is 1.81 bits per heavy atom. The van der Waals surface area contributed by atoms with Crippen LogP contribution in [0.4, 0.5) is 0 Å². The van der Waals surface area contributed by atoms with E-state index in [-0.39, 0.29) is 29.7 Å². The number of hydrogen-bond acceptors (Lipinski definition) is 3. The van der Waals surface area contributed by atoms with Gasteiger partial charge in [0, 0.05) is 6.04 Å². The van der Waals surface area contributed by atoms with E-state index < -0.39 is 6.04 Å². The van der Waals surface area contributed by atoms with E-state index >= 15 is 0 Å². The molecule has 1 amide bonds. The molecule has 0 saturated carbocycles. The highest BCUT2D eigenvalue weighted by molar-refractivity contribution is 5.89. The molecular weight excluding hydrogens is 204 g/mol. The highest BCUT2D eigenvalue weighted by Crippen LogP contribution is 2.03. The fraction of sp³-hybridized carbons (Fsp3) is 0.833. The third kappa shape index (κ3) is 5.26. The fourth-order valence-electron chi connectivity index (χ4n) is 1.33. The van der Waals surface area contributed by atoms with Crippen LogP contribution in [0.1, 0.15) is 41.5 Å². The van der Waals surface area contributed by atoms with Crippen LogP contribution in [0, 0.1) is 5.92 Å². The predicted octanol–water partition coefficient (Wildman–Crippen LogP) is 1.10. The molecule has 16 heavy (non-hydrogen) atoms. The first-order valence-corrected chi connectivity index (χ1v) is 5.82. The molecule has 0 heterocycles. The highest BCUT2D eigenvalue weighted by atomic mass is 16.2. The Hall–Kier alpha value is -0.900. The topological polar surface area (TPSA) is 58.2 Å². The van der Waals surface area contributed by atoms with Crippen molar-refractivity contribution in [2.45, 2.75) is 59.7 Å². The first kappa shape index (κ1) is 15.1. The van der Waals surface area contributed by atoms with Crippen LogP contribution in [0.3, 0.4) is 0 Å². The molecule has 2 N–H and O–H groups in total. The van der Waals surface area contributed by atoms with Crippen molar-refractivity contribution in [3.05, 3.63) is 0 Å². The minimum atomic E-state index is -0.414. The summed E-state index contributed by atoms with van der Waals surface area (Å²) in [5.41, 5.74) is 0. The molecule has 0 aromatic carbocycles. The number of amides is 1. The van der Waals surface area contributed by atoms with Gasteiger partial charge >= 0.3 is 0 Å². The number of ketones is 1. The molecule has 0 aliphatic carbocycles. The van der Waals surface area contributed by atoms with Gasteiger partial charge in [0.2, 0.25) is 5.91 Å². The van der Waals surface area contributed by atoms with Crippen molar-refractivity contribution in [3.63, 3.8) is 0 Å². The van der Waals surface area contributed by atoms with Crippen molar-refractivity contribution in [2.24, 2.45) is 5.92 Å². The number of hydrogen-bond donors (Lipinski definition) is 2. The summed E-state index contributed by atoms with van der Waals surface area (Å²) < 4.78 is 0. The summed E-state index contributed by atoms with van der Waals surface area (Å²) in [4.78, 5) is 23.0. The van der Waals surface area contributed by atoms with E-state index in [1.807, 2.05) is 27.7 Å². The zero-order valence-corrected chi connectivity index (χ0v) is 11.1. The smallest absolute Gasteiger partial charge is 0.237 e. The fourth-order valence-corrected chi connectivity index (χ4v) is 1.33. The van der Waals surface area contributed by atoms with Crippen molar-refractivity contribution in [3.8, 4) is 0 Å². The van der Waals surface area contributed by atoms with Crippen LogP contribution in [-0.4, -0.2) is 29.8 Å². The monoisotopic (exact) mass is 228 g/mol. The number of carbonyl (C=O) groups is 2. The van der Waals surface area contributed by atoms with E-state index in [1.54, 1.807) is 6.92 Å². The van der Waals surface area contributed by atoms with E-state index in [1.165, 1.54) is 6.92 Å². The van der Waals surface area contributed by atoms with Crippen LogP contribution in [0.5, 0.6) is 0 Å². The van der Waals surface area contributed by atoms with Gasteiger partial charge in [-0.25, -0.2) is 0 Å². The maximum Gasteiger partial charge on any atom is 0.237 e. The molecule has 4 nitrogen and oxygen atoms in total. The summed E-state index contributed by atoms with van der Waals surface area (Å²) in [6.07, 6.45) is 0. The third-order valence-corrected chi connectivity index (χ3v) is 2.43. The van der Waals surface area contributed by atoms with Crippen LogP contribution < -0.4 is 10.6 Å². The molecule has 0 bridgehead atoms. The average Bonchev–Trinajstić information content (AvgIpc) is 2.12. The van der Waals surface area contributed by atoms with Gasteiger partial charge in [0.15, 0.2) is 5.78 Å². The molecule has 0 fully saturated rings. The quantitative estimate of drug-likeness (QED) is 0.716. The summed E-state index contributed by atoms with van der Waals surface area (Å²) >= 11 is 0. The molecule has 0 spiro atoms. The minimum Gasteiger partial charge on any atom is -0.345 e. The van der Waals surface area contributed by atoms with Gasteiger partial charge in [-0.05, 0) is 19.8 Å². The normalized spacial score (nSPS) is 15.0. The van der Waals surface area contributed by atoms with Gasteiger partial charge in [0.1, 0.15) is 0 Å². The molecule has 0 aliphatic rings. The Bertz CT molecular complexity index is 249. The lowest BCUT2D eigenvalue weighted by Gasteiger charge is -2.25. The molecule has 0 aliphatic heterocycles. The van der Waals surface area contributed by atoms with E-state index in [0.29, 0.717) is 0 Å². The highest BCUT2D eigenvalue weighted by Gasteiger charge is 2.24. The lowest BCUT2D eigenvalue weighted by molar-refractivity contribution is -0.128. The Kier molecular flexibility index (Phi) is 6.26. The van der Waals surface area contributed by atoms with Crippen LogP contribution in [0.2, 0.25) is 0 Å². The summed E-state index contributed by atoms with van der Waals surface area (Å²) in [5, 5.41) is 5.92. The van der Waals surface area contributed by atoms with Crippen molar-refractivity contribution < 1.29 is 9.59 Å². The van der Waals surface area contributed by atoms with E-state index in [0.717, 1.165) is 0 Å². The lowest BCUT2D eigenvalue weighted by atomic mass is 10.0. The van der Waals surface area contributed by atoms with Crippen LogP contribution in [-0.2, 0) is 9.59 Å². The molecule has 0 radical (unpaired) electrons. The maximum atomic E-state index is 11.9. The van der Waals surface area contributed by atoms with Crippen LogP contribution in [0.15, 0.2) is 0 Å². The molecule has 0 aromatic heterocycles. The third-order valence-electron chi connectivity index (χ3n) is 2.43. The molecule has 94 valence electrons. The second-order valence-corrected chi connectivity index (χ2v) is 4.88. The van der Waals surface area contributed by atoms with Crippen LogP contribution >= 0.6 is 0 Å². The largest absolute Gasteiger partial charge is 0.345 e. The van der Waals surface area contributed by atoms with Crippen molar-refractivity contribution in [2.75, 3.05) is 0 Å². The zero-order valence-electron chi connectivity index (χ0n) is 11.1. The number of Topliss-reactive ketones (excluding diaryl/α,β-unsaturated/α-hetero) is 1. The van der Waals surface area contributed by atoms with Gasteiger partial charge < -0.3 is 10.6 Å². The molecule has 0 rings (SSSR count). The summed E-state index contributed by atoms with van der Waals surface area (Å²) in [6, 6.07) is -0.421.